The van der Waals surface area contributed by atoms with Crippen LogP contribution in [-0.2, 0) is 6.42 Å². The van der Waals surface area contributed by atoms with Crippen LogP contribution >= 0.6 is 0 Å². The van der Waals surface area contributed by atoms with Crippen LogP contribution in [0.2, 0.25) is 0 Å². The molecule has 1 aromatic rings. The van der Waals surface area contributed by atoms with Gasteiger partial charge in [0.2, 0.25) is 0 Å². The lowest BCUT2D eigenvalue weighted by molar-refractivity contribution is 0.577. The van der Waals surface area contributed by atoms with Crippen LogP contribution in [0.1, 0.15) is 56.7 Å². The highest BCUT2D eigenvalue weighted by molar-refractivity contribution is 5.26. The Hall–Kier alpha value is -0.890. The molecule has 0 aliphatic heterocycles. The Morgan fingerprint density at radius 3 is 2.80 bits per heavy atom. The summed E-state index contributed by atoms with van der Waals surface area (Å²) < 4.78 is 0. The highest BCUT2D eigenvalue weighted by atomic mass is 14.7. The van der Waals surface area contributed by atoms with Gasteiger partial charge in [-0.3, -0.25) is 4.98 Å². The third kappa shape index (κ3) is 3.63. The van der Waals surface area contributed by atoms with Gasteiger partial charge >= 0.3 is 0 Å². The second kappa shape index (κ2) is 6.57. The van der Waals surface area contributed by atoms with Crippen LogP contribution in [0.4, 0.5) is 0 Å². The van der Waals surface area contributed by atoms with E-state index in [9.17, 15) is 0 Å². The minimum Gasteiger partial charge on any atom is -0.324 e. The van der Waals surface area contributed by atoms with Crippen molar-refractivity contribution in [1.82, 2.24) is 4.98 Å². The van der Waals surface area contributed by atoms with Gasteiger partial charge in [-0.1, -0.05) is 33.1 Å². The molecule has 0 aromatic carbocycles. The molecular weight excluding hydrogens is 184 g/mol. The second-order valence-electron chi connectivity index (χ2n) is 4.03. The van der Waals surface area contributed by atoms with E-state index in [4.69, 9.17) is 5.73 Å². The van der Waals surface area contributed by atoms with Gasteiger partial charge in [0.1, 0.15) is 0 Å². The maximum Gasteiger partial charge on any atom is 0.0303 e. The van der Waals surface area contributed by atoms with Crippen molar-refractivity contribution in [3.63, 3.8) is 0 Å². The van der Waals surface area contributed by atoms with Crippen molar-refractivity contribution in [2.24, 2.45) is 5.73 Å². The van der Waals surface area contributed by atoms with Crippen molar-refractivity contribution in [1.29, 1.82) is 0 Å². The topological polar surface area (TPSA) is 38.9 Å². The summed E-state index contributed by atoms with van der Waals surface area (Å²) in [6.45, 7) is 4.37. The first-order valence-corrected chi connectivity index (χ1v) is 5.98. The molecule has 1 heterocycles. The molecule has 1 rings (SSSR count). The van der Waals surface area contributed by atoms with Crippen LogP contribution in [0.3, 0.4) is 0 Å². The molecule has 0 saturated heterocycles. The van der Waals surface area contributed by atoms with E-state index >= 15 is 0 Å². The fraction of sp³-hybridized carbons (Fsp3) is 0.615. The molecule has 1 aromatic heterocycles. The fourth-order valence-electron chi connectivity index (χ4n) is 1.86. The standard InChI is InChI=1S/C13H22N2/c1-3-5-6-7-13(14)12-8-9-15-10-11(12)4-2/h8-10,13H,3-7,14H2,1-2H3. The van der Waals surface area contributed by atoms with Gasteiger partial charge in [-0.2, -0.15) is 0 Å². The number of rotatable bonds is 6. The molecule has 1 atom stereocenters. The number of aromatic nitrogens is 1. The Balaban J connectivity index is 2.59. The Bertz CT molecular complexity index is 284. The maximum absolute atomic E-state index is 6.18. The van der Waals surface area contributed by atoms with E-state index in [1.54, 1.807) is 0 Å². The molecule has 0 aliphatic rings. The molecule has 0 saturated carbocycles. The molecule has 0 spiro atoms. The van der Waals surface area contributed by atoms with Crippen molar-refractivity contribution in [2.45, 2.75) is 52.0 Å². The van der Waals surface area contributed by atoms with E-state index in [0.29, 0.717) is 0 Å². The first-order chi connectivity index (χ1) is 7.29. The lowest BCUT2D eigenvalue weighted by Crippen LogP contribution is -2.12. The van der Waals surface area contributed by atoms with Crippen LogP contribution in [-0.4, -0.2) is 4.98 Å². The molecule has 0 radical (unpaired) electrons. The summed E-state index contributed by atoms with van der Waals surface area (Å²) in [5, 5.41) is 0. The molecule has 1 unspecified atom stereocenters. The number of nitrogens with zero attached hydrogens (tertiary/aromatic N) is 1. The van der Waals surface area contributed by atoms with Crippen molar-refractivity contribution in [3.8, 4) is 0 Å². The molecule has 84 valence electrons. The second-order valence-corrected chi connectivity index (χ2v) is 4.03. The van der Waals surface area contributed by atoms with Crippen LogP contribution in [0.25, 0.3) is 0 Å². The summed E-state index contributed by atoms with van der Waals surface area (Å²) in [5.41, 5.74) is 8.76. The van der Waals surface area contributed by atoms with Crippen LogP contribution in [0, 0.1) is 0 Å². The van der Waals surface area contributed by atoms with Crippen molar-refractivity contribution in [3.05, 3.63) is 29.6 Å². The summed E-state index contributed by atoms with van der Waals surface area (Å²) in [6, 6.07) is 2.25. The van der Waals surface area contributed by atoms with Gasteiger partial charge in [-0.05, 0) is 30.0 Å². The minimum atomic E-state index is 0.189. The smallest absolute Gasteiger partial charge is 0.0303 e. The van der Waals surface area contributed by atoms with Gasteiger partial charge in [0.15, 0.2) is 0 Å². The Kier molecular flexibility index (Phi) is 5.33. The Labute approximate surface area is 92.9 Å². The summed E-state index contributed by atoms with van der Waals surface area (Å²) in [5.74, 6) is 0. The summed E-state index contributed by atoms with van der Waals surface area (Å²) in [7, 11) is 0. The molecule has 0 amide bonds. The van der Waals surface area contributed by atoms with Gasteiger partial charge in [0.05, 0.1) is 0 Å². The molecule has 15 heavy (non-hydrogen) atoms. The summed E-state index contributed by atoms with van der Waals surface area (Å²) in [6.07, 6.45) is 9.64. The Morgan fingerprint density at radius 1 is 1.33 bits per heavy atom. The number of pyridine rings is 1. The zero-order valence-corrected chi connectivity index (χ0v) is 9.87. The predicted octanol–water partition coefficient (Wildman–Crippen LogP) is 3.22. The van der Waals surface area contributed by atoms with Gasteiger partial charge in [0, 0.05) is 18.4 Å². The van der Waals surface area contributed by atoms with E-state index < -0.39 is 0 Å². The van der Waals surface area contributed by atoms with E-state index in [-0.39, 0.29) is 6.04 Å². The SMILES string of the molecule is CCCCCC(N)c1ccncc1CC. The summed E-state index contributed by atoms with van der Waals surface area (Å²) >= 11 is 0. The third-order valence-corrected chi connectivity index (χ3v) is 2.84. The van der Waals surface area contributed by atoms with Gasteiger partial charge in [-0.15, -0.1) is 0 Å². The number of hydrogen-bond donors (Lipinski definition) is 1. The molecule has 2 heteroatoms. The zero-order chi connectivity index (χ0) is 11.1. The predicted molar refractivity (Wildman–Crippen MR) is 64.7 cm³/mol. The lowest BCUT2D eigenvalue weighted by atomic mass is 9.97. The number of unbranched alkanes of at least 4 members (excludes halogenated alkanes) is 2. The zero-order valence-electron chi connectivity index (χ0n) is 9.87. The van der Waals surface area contributed by atoms with Crippen molar-refractivity contribution >= 4 is 0 Å². The number of hydrogen-bond acceptors (Lipinski definition) is 2. The van der Waals surface area contributed by atoms with Gasteiger partial charge in [-0.25, -0.2) is 0 Å². The average Bonchev–Trinajstić information content (AvgIpc) is 2.29. The molecule has 2 nitrogen and oxygen atoms in total. The molecular formula is C13H22N2. The van der Waals surface area contributed by atoms with Crippen molar-refractivity contribution in [2.75, 3.05) is 0 Å². The minimum absolute atomic E-state index is 0.189. The van der Waals surface area contributed by atoms with E-state index in [1.165, 1.54) is 30.4 Å². The first kappa shape index (κ1) is 12.2. The van der Waals surface area contributed by atoms with Crippen LogP contribution < -0.4 is 5.73 Å². The molecule has 0 bridgehead atoms. The molecule has 0 fully saturated rings. The lowest BCUT2D eigenvalue weighted by Gasteiger charge is -2.14. The monoisotopic (exact) mass is 206 g/mol. The average molecular weight is 206 g/mol. The van der Waals surface area contributed by atoms with E-state index in [1.807, 2.05) is 12.4 Å². The first-order valence-electron chi connectivity index (χ1n) is 5.98. The Morgan fingerprint density at radius 2 is 2.13 bits per heavy atom. The van der Waals surface area contributed by atoms with Crippen molar-refractivity contribution < 1.29 is 0 Å². The normalized spacial score (nSPS) is 12.7. The maximum atomic E-state index is 6.18. The highest BCUT2D eigenvalue weighted by Gasteiger charge is 2.09. The van der Waals surface area contributed by atoms with E-state index in [0.717, 1.165) is 12.8 Å². The fourth-order valence-corrected chi connectivity index (χ4v) is 1.86. The van der Waals surface area contributed by atoms with Gasteiger partial charge < -0.3 is 5.73 Å². The van der Waals surface area contributed by atoms with Gasteiger partial charge in [0.25, 0.3) is 0 Å². The molecule has 0 aliphatic carbocycles. The number of nitrogens with two attached hydrogens (primary N) is 1. The quantitative estimate of drug-likeness (QED) is 0.726. The summed E-state index contributed by atoms with van der Waals surface area (Å²) in [4.78, 5) is 4.14. The molecule has 2 N–H and O–H groups in total. The largest absolute Gasteiger partial charge is 0.324 e. The van der Waals surface area contributed by atoms with Crippen LogP contribution in [0.15, 0.2) is 18.5 Å². The van der Waals surface area contributed by atoms with Crippen LogP contribution in [0.5, 0.6) is 0 Å². The van der Waals surface area contributed by atoms with E-state index in [2.05, 4.69) is 24.9 Å². The number of aryl methyl sites for hydroxylation is 1. The third-order valence-electron chi connectivity index (χ3n) is 2.84. The highest BCUT2D eigenvalue weighted by Crippen LogP contribution is 2.20.